The molecule has 0 amide bonds. The van der Waals surface area contributed by atoms with Crippen molar-refractivity contribution in [3.05, 3.63) is 0 Å². The molecule has 0 aliphatic rings. The zero-order valence-corrected chi connectivity index (χ0v) is 9.70. The quantitative estimate of drug-likeness (QED) is 0.444. The van der Waals surface area contributed by atoms with Crippen LogP contribution in [-0.4, -0.2) is 59.9 Å². The minimum atomic E-state index is 0.628. The molecule has 0 bridgehead atoms. The Balaban J connectivity index is 2.81. The van der Waals surface area contributed by atoms with Crippen molar-refractivity contribution in [1.82, 2.24) is 0 Å². The van der Waals surface area contributed by atoms with Gasteiger partial charge in [-0.25, -0.2) is 0 Å². The highest BCUT2D eigenvalue weighted by Gasteiger charge is 1.91. The summed E-state index contributed by atoms with van der Waals surface area (Å²) in [6.45, 7) is 5.58. The van der Waals surface area contributed by atoms with E-state index < -0.39 is 0 Å². The van der Waals surface area contributed by atoms with E-state index in [-0.39, 0.29) is 0 Å². The number of hydrogen-bond acceptors (Lipinski definition) is 4. The minimum absolute atomic E-state index is 0.628. The first kappa shape index (κ1) is 14.8. The van der Waals surface area contributed by atoms with Crippen LogP contribution >= 0.6 is 0 Å². The van der Waals surface area contributed by atoms with Gasteiger partial charge in [0.05, 0.1) is 39.6 Å². The molecule has 0 aliphatic carbocycles. The third-order valence-corrected chi connectivity index (χ3v) is 1.67. The third-order valence-electron chi connectivity index (χ3n) is 1.67. The average molecular weight is 222 g/mol. The Labute approximate surface area is 91.8 Å². The van der Waals surface area contributed by atoms with Gasteiger partial charge < -0.3 is 24.7 Å². The number of hydrogen-bond donors (Lipinski definition) is 1. The lowest BCUT2D eigenvalue weighted by Gasteiger charge is -2.05. The molecule has 0 saturated heterocycles. The smallest absolute Gasteiger partial charge is 0.0977 e. The van der Waals surface area contributed by atoms with Gasteiger partial charge in [-0.3, -0.25) is 0 Å². The number of ether oxygens (including phenoxy) is 4. The first-order valence-electron chi connectivity index (χ1n) is 5.43. The molecule has 0 atom stereocenters. The zero-order valence-electron chi connectivity index (χ0n) is 9.70. The fraction of sp³-hybridized carbons (Fsp3) is 1.00. The van der Waals surface area contributed by atoms with Crippen molar-refractivity contribution in [3.63, 3.8) is 0 Å². The van der Waals surface area contributed by atoms with Crippen LogP contribution in [0.1, 0.15) is 6.42 Å². The van der Waals surface area contributed by atoms with Crippen molar-refractivity contribution in [3.8, 4) is 0 Å². The summed E-state index contributed by atoms with van der Waals surface area (Å²) in [6.07, 6.45) is 0.929. The largest absolute Gasteiger partial charge is 0.382 e. The Kier molecular flexibility index (Phi) is 13.6. The molecule has 0 heterocycles. The lowest BCUT2D eigenvalue weighted by atomic mass is 10.5. The van der Waals surface area contributed by atoms with Gasteiger partial charge in [0.2, 0.25) is 0 Å². The molecule has 0 saturated carbocycles. The molecule has 0 spiro atoms. The van der Waals surface area contributed by atoms with Crippen LogP contribution in [-0.2, 0) is 18.9 Å². The predicted octanol–water partition coefficient (Wildman–Crippen LogP) is -0.685. The van der Waals surface area contributed by atoms with E-state index in [0.29, 0.717) is 26.4 Å². The van der Waals surface area contributed by atoms with Crippen LogP contribution in [0.4, 0.5) is 0 Å². The van der Waals surface area contributed by atoms with Gasteiger partial charge in [0.1, 0.15) is 0 Å². The second-order valence-corrected chi connectivity index (χ2v) is 3.04. The van der Waals surface area contributed by atoms with Crippen LogP contribution in [0.25, 0.3) is 0 Å². The Morgan fingerprint density at radius 2 is 1.27 bits per heavy atom. The molecule has 0 radical (unpaired) electrons. The zero-order chi connectivity index (χ0) is 11.2. The maximum atomic E-state index is 5.33. The van der Waals surface area contributed by atoms with Crippen molar-refractivity contribution < 1.29 is 24.7 Å². The molecule has 15 heavy (non-hydrogen) atoms. The van der Waals surface area contributed by atoms with Crippen molar-refractivity contribution in [1.29, 1.82) is 0 Å². The minimum Gasteiger partial charge on any atom is -0.382 e. The highest BCUT2D eigenvalue weighted by Crippen LogP contribution is 1.85. The van der Waals surface area contributed by atoms with E-state index in [0.717, 1.165) is 32.8 Å². The highest BCUT2D eigenvalue weighted by molar-refractivity contribution is 4.36. The van der Waals surface area contributed by atoms with Crippen LogP contribution in [0.15, 0.2) is 0 Å². The maximum Gasteiger partial charge on any atom is 0.0977 e. The Hall–Kier alpha value is -0.200. The van der Waals surface area contributed by atoms with Crippen molar-refractivity contribution in [2.75, 3.05) is 59.9 Å². The summed E-state index contributed by atoms with van der Waals surface area (Å²) in [4.78, 5) is 0. The van der Waals surface area contributed by atoms with Crippen LogP contribution in [0, 0.1) is 0 Å². The summed E-state index contributed by atoms with van der Waals surface area (Å²) in [6, 6.07) is 0. The van der Waals surface area contributed by atoms with Gasteiger partial charge in [-0.05, 0) is 6.42 Å². The van der Waals surface area contributed by atoms with Crippen molar-refractivity contribution >= 4 is 0 Å². The molecule has 0 fully saturated rings. The number of rotatable bonds is 12. The molecule has 0 aromatic rings. The Bertz CT molecular complexity index is 102. The fourth-order valence-electron chi connectivity index (χ4n) is 0.931. The van der Waals surface area contributed by atoms with E-state index in [1.807, 2.05) is 0 Å². The van der Waals surface area contributed by atoms with E-state index in [1.165, 1.54) is 0 Å². The van der Waals surface area contributed by atoms with Gasteiger partial charge in [0, 0.05) is 20.3 Å². The molecular formula is C10H24NO4+. The van der Waals surface area contributed by atoms with Crippen LogP contribution < -0.4 is 5.73 Å². The van der Waals surface area contributed by atoms with Gasteiger partial charge in [-0.15, -0.1) is 0 Å². The summed E-state index contributed by atoms with van der Waals surface area (Å²) in [7, 11) is 1.66. The normalized spacial score (nSPS) is 10.8. The fourth-order valence-corrected chi connectivity index (χ4v) is 0.931. The molecule has 0 aliphatic heterocycles. The van der Waals surface area contributed by atoms with E-state index in [1.54, 1.807) is 7.11 Å². The van der Waals surface area contributed by atoms with Crippen molar-refractivity contribution in [2.24, 2.45) is 0 Å². The first-order valence-corrected chi connectivity index (χ1v) is 5.43. The van der Waals surface area contributed by atoms with Crippen LogP contribution in [0.2, 0.25) is 0 Å². The van der Waals surface area contributed by atoms with Gasteiger partial charge >= 0.3 is 0 Å². The summed E-state index contributed by atoms with van der Waals surface area (Å²) >= 11 is 0. The molecule has 0 rings (SSSR count). The molecular weight excluding hydrogens is 198 g/mol. The lowest BCUT2D eigenvalue weighted by molar-refractivity contribution is -0.374. The van der Waals surface area contributed by atoms with Gasteiger partial charge in [-0.2, -0.15) is 0 Å². The standard InChI is InChI=1S/C10H23NO4/c1-12-7-8-15-10-9-14-5-2-4-13-6-3-11/h2-11H2,1H3/p+1. The SMILES string of the molecule is COCCOCCOCCCOCC[NH3+]. The van der Waals surface area contributed by atoms with Gasteiger partial charge in [0.25, 0.3) is 0 Å². The summed E-state index contributed by atoms with van der Waals surface area (Å²) in [5.74, 6) is 0. The lowest BCUT2D eigenvalue weighted by Crippen LogP contribution is -2.52. The maximum absolute atomic E-state index is 5.33. The van der Waals surface area contributed by atoms with Gasteiger partial charge in [0.15, 0.2) is 0 Å². The Morgan fingerprint density at radius 3 is 1.87 bits per heavy atom. The number of methoxy groups -OCH3 is 1. The summed E-state index contributed by atoms with van der Waals surface area (Å²) < 4.78 is 20.7. The second-order valence-electron chi connectivity index (χ2n) is 3.04. The Morgan fingerprint density at radius 1 is 0.733 bits per heavy atom. The summed E-state index contributed by atoms with van der Waals surface area (Å²) in [5, 5.41) is 0. The number of quaternary nitrogens is 1. The highest BCUT2D eigenvalue weighted by atomic mass is 16.5. The van der Waals surface area contributed by atoms with E-state index in [4.69, 9.17) is 18.9 Å². The van der Waals surface area contributed by atoms with E-state index in [9.17, 15) is 0 Å². The topological polar surface area (TPSA) is 64.6 Å². The van der Waals surface area contributed by atoms with Crippen LogP contribution in [0.5, 0.6) is 0 Å². The average Bonchev–Trinajstić information content (AvgIpc) is 2.26. The first-order chi connectivity index (χ1) is 7.41. The molecule has 5 nitrogen and oxygen atoms in total. The molecule has 3 N–H and O–H groups in total. The van der Waals surface area contributed by atoms with E-state index in [2.05, 4.69) is 5.73 Å². The molecule has 5 heteroatoms. The molecule has 0 aromatic heterocycles. The monoisotopic (exact) mass is 222 g/mol. The molecule has 0 unspecified atom stereocenters. The molecule has 0 aromatic carbocycles. The third kappa shape index (κ3) is 13.8. The second kappa shape index (κ2) is 13.8. The predicted molar refractivity (Wildman–Crippen MR) is 56.7 cm³/mol. The van der Waals surface area contributed by atoms with Crippen molar-refractivity contribution in [2.45, 2.75) is 6.42 Å². The summed E-state index contributed by atoms with van der Waals surface area (Å²) in [5.41, 5.74) is 3.69. The molecule has 92 valence electrons. The van der Waals surface area contributed by atoms with Gasteiger partial charge in [-0.1, -0.05) is 0 Å². The van der Waals surface area contributed by atoms with E-state index >= 15 is 0 Å². The van der Waals surface area contributed by atoms with Crippen LogP contribution in [0.3, 0.4) is 0 Å².